The molecule has 7 nitrogen and oxygen atoms in total. The molecule has 1 aromatic heterocycles. The maximum absolute atomic E-state index is 11.8. The summed E-state index contributed by atoms with van der Waals surface area (Å²) in [5, 5.41) is 15.3. The van der Waals surface area contributed by atoms with Crippen molar-refractivity contribution in [1.29, 1.82) is 0 Å². The molecule has 0 aromatic carbocycles. The number of aliphatic carboxylic acids is 1. The summed E-state index contributed by atoms with van der Waals surface area (Å²) in [5.74, 6) is -0.879. The van der Waals surface area contributed by atoms with Gasteiger partial charge in [0.1, 0.15) is 0 Å². The second kappa shape index (κ2) is 6.04. The van der Waals surface area contributed by atoms with Crippen LogP contribution in [0.1, 0.15) is 36.0 Å². The van der Waals surface area contributed by atoms with E-state index in [9.17, 15) is 9.59 Å². The number of hydrogen-bond donors (Lipinski definition) is 2. The number of aryl methyl sites for hydroxylation is 1. The van der Waals surface area contributed by atoms with E-state index < -0.39 is 5.97 Å². The second-order valence-electron chi connectivity index (χ2n) is 5.08. The van der Waals surface area contributed by atoms with E-state index >= 15 is 0 Å². The molecule has 2 N–H and O–H groups in total. The highest BCUT2D eigenvalue weighted by Gasteiger charge is 2.35. The lowest BCUT2D eigenvalue weighted by atomic mass is 9.85. The lowest BCUT2D eigenvalue weighted by Crippen LogP contribution is -2.54. The Balaban J connectivity index is 1.78. The van der Waals surface area contributed by atoms with Crippen molar-refractivity contribution in [2.24, 2.45) is 0 Å². The molecule has 7 heteroatoms. The molecule has 0 aliphatic heterocycles. The van der Waals surface area contributed by atoms with Crippen LogP contribution in [0.2, 0.25) is 0 Å². The fourth-order valence-corrected chi connectivity index (χ4v) is 2.40. The summed E-state index contributed by atoms with van der Waals surface area (Å²) in [6.07, 6.45) is 1.53. The Morgan fingerprint density at radius 2 is 2.25 bits per heavy atom. The Kier molecular flexibility index (Phi) is 4.39. The van der Waals surface area contributed by atoms with E-state index in [0.29, 0.717) is 12.2 Å². The second-order valence-corrected chi connectivity index (χ2v) is 5.08. The molecule has 0 spiro atoms. The lowest BCUT2D eigenvalue weighted by molar-refractivity contribution is -0.139. The van der Waals surface area contributed by atoms with Crippen LogP contribution in [0.5, 0.6) is 0 Å². The minimum atomic E-state index is -0.823. The van der Waals surface area contributed by atoms with Gasteiger partial charge in [0.15, 0.2) is 0 Å². The van der Waals surface area contributed by atoms with E-state index in [1.807, 2.05) is 11.8 Å². The van der Waals surface area contributed by atoms with Crippen molar-refractivity contribution >= 4 is 11.9 Å². The molecule has 1 aliphatic carbocycles. The van der Waals surface area contributed by atoms with E-state index in [0.717, 1.165) is 12.8 Å². The molecule has 1 amide bonds. The minimum absolute atomic E-state index is 0.0448. The Hall–Kier alpha value is -1.89. The zero-order valence-electron chi connectivity index (χ0n) is 11.6. The molecular formula is C13H19N3O4. The van der Waals surface area contributed by atoms with Gasteiger partial charge >= 0.3 is 5.97 Å². The Labute approximate surface area is 116 Å². The predicted octanol–water partition coefficient (Wildman–Crippen LogP) is 0.650. The predicted molar refractivity (Wildman–Crippen MR) is 70.4 cm³/mol. The van der Waals surface area contributed by atoms with Crippen molar-refractivity contribution in [1.82, 2.24) is 15.4 Å². The molecule has 0 unspecified atom stereocenters. The Bertz CT molecular complexity index is 494. The maximum atomic E-state index is 11.8. The van der Waals surface area contributed by atoms with Gasteiger partial charge in [-0.25, -0.2) is 0 Å². The minimum Gasteiger partial charge on any atom is -0.480 e. The third-order valence-corrected chi connectivity index (χ3v) is 3.56. The molecule has 0 atom stereocenters. The average molecular weight is 281 g/mol. The lowest BCUT2D eigenvalue weighted by Gasteiger charge is -2.42. The summed E-state index contributed by atoms with van der Waals surface area (Å²) in [4.78, 5) is 24.5. The fourth-order valence-electron chi connectivity index (χ4n) is 2.40. The van der Waals surface area contributed by atoms with Gasteiger partial charge in [-0.1, -0.05) is 12.1 Å². The van der Waals surface area contributed by atoms with Crippen molar-refractivity contribution in [3.05, 3.63) is 17.5 Å². The zero-order chi connectivity index (χ0) is 14.7. The molecule has 1 aliphatic rings. The first-order chi connectivity index (χ1) is 9.49. The molecule has 1 fully saturated rings. The molecular weight excluding hydrogens is 262 g/mol. The van der Waals surface area contributed by atoms with Crippen molar-refractivity contribution in [2.75, 3.05) is 13.1 Å². The molecule has 0 saturated heterocycles. The van der Waals surface area contributed by atoms with Crippen LogP contribution in [0.15, 0.2) is 10.6 Å². The number of carbonyl (C=O) groups is 2. The molecule has 20 heavy (non-hydrogen) atoms. The summed E-state index contributed by atoms with van der Waals surface area (Å²) >= 11 is 0. The number of rotatable bonds is 6. The van der Waals surface area contributed by atoms with Crippen molar-refractivity contribution in [2.45, 2.75) is 38.8 Å². The van der Waals surface area contributed by atoms with Crippen molar-refractivity contribution < 1.29 is 19.2 Å². The molecule has 1 heterocycles. The number of nitrogens with zero attached hydrogens (tertiary/aromatic N) is 2. The number of carboxylic acid groups (broad SMARTS) is 1. The van der Waals surface area contributed by atoms with E-state index in [1.165, 1.54) is 0 Å². The number of nitrogens with one attached hydrogen (secondary N) is 1. The number of aromatic nitrogens is 1. The monoisotopic (exact) mass is 281 g/mol. The van der Waals surface area contributed by atoms with Crippen LogP contribution >= 0.6 is 0 Å². The third-order valence-electron chi connectivity index (χ3n) is 3.56. The number of carbonyl (C=O) groups excluding carboxylic acids is 1. The van der Waals surface area contributed by atoms with Gasteiger partial charge in [0.25, 0.3) is 5.91 Å². The topological polar surface area (TPSA) is 95.7 Å². The van der Waals surface area contributed by atoms with Crippen LogP contribution in [0, 0.1) is 6.92 Å². The summed E-state index contributed by atoms with van der Waals surface area (Å²) in [7, 11) is 0. The van der Waals surface area contributed by atoms with Crippen LogP contribution in [-0.4, -0.2) is 52.2 Å². The first kappa shape index (κ1) is 14.5. The van der Waals surface area contributed by atoms with Crippen LogP contribution in [0.25, 0.3) is 0 Å². The van der Waals surface area contributed by atoms with Gasteiger partial charge in [0, 0.05) is 18.2 Å². The van der Waals surface area contributed by atoms with Gasteiger partial charge in [0.2, 0.25) is 5.76 Å². The van der Waals surface area contributed by atoms with E-state index in [-0.39, 0.29) is 30.3 Å². The van der Waals surface area contributed by atoms with Crippen LogP contribution in [0.3, 0.4) is 0 Å². The quantitative estimate of drug-likeness (QED) is 0.795. The van der Waals surface area contributed by atoms with Gasteiger partial charge < -0.3 is 14.9 Å². The average Bonchev–Trinajstić information content (AvgIpc) is 2.77. The van der Waals surface area contributed by atoms with Crippen LogP contribution < -0.4 is 5.32 Å². The molecule has 1 aromatic rings. The summed E-state index contributed by atoms with van der Waals surface area (Å²) in [5.41, 5.74) is 0.667. The van der Waals surface area contributed by atoms with E-state index in [4.69, 9.17) is 9.63 Å². The molecule has 0 radical (unpaired) electrons. The van der Waals surface area contributed by atoms with Crippen molar-refractivity contribution in [3.8, 4) is 0 Å². The number of carboxylic acids is 1. The normalized spacial score (nSPS) is 21.6. The highest BCUT2D eigenvalue weighted by molar-refractivity contribution is 5.91. The van der Waals surface area contributed by atoms with Gasteiger partial charge in [-0.05, 0) is 26.3 Å². The molecule has 0 bridgehead atoms. The molecule has 2 rings (SSSR count). The summed E-state index contributed by atoms with van der Waals surface area (Å²) in [6.45, 7) is 4.43. The molecule has 110 valence electrons. The van der Waals surface area contributed by atoms with Crippen LogP contribution in [0.4, 0.5) is 0 Å². The standard InChI is InChI=1S/C13H19N3O4/c1-3-16(7-12(17)18)10-5-9(6-10)14-13(19)11-4-8(2)15-20-11/h4,9-10H,3,5-7H2,1-2H3,(H,14,19)(H,17,18). The van der Waals surface area contributed by atoms with Crippen LogP contribution in [-0.2, 0) is 4.79 Å². The third kappa shape index (κ3) is 3.36. The van der Waals surface area contributed by atoms with E-state index in [2.05, 4.69) is 10.5 Å². The Morgan fingerprint density at radius 3 is 2.75 bits per heavy atom. The summed E-state index contributed by atoms with van der Waals surface area (Å²) in [6, 6.07) is 1.88. The van der Waals surface area contributed by atoms with Gasteiger partial charge in [0.05, 0.1) is 12.2 Å². The summed E-state index contributed by atoms with van der Waals surface area (Å²) < 4.78 is 4.89. The largest absolute Gasteiger partial charge is 0.480 e. The number of amides is 1. The smallest absolute Gasteiger partial charge is 0.317 e. The van der Waals surface area contributed by atoms with Crippen molar-refractivity contribution in [3.63, 3.8) is 0 Å². The number of likely N-dealkylation sites (N-methyl/N-ethyl adjacent to an activating group) is 1. The highest BCUT2D eigenvalue weighted by atomic mass is 16.5. The first-order valence-corrected chi connectivity index (χ1v) is 6.69. The highest BCUT2D eigenvalue weighted by Crippen LogP contribution is 2.25. The van der Waals surface area contributed by atoms with Gasteiger partial charge in [-0.15, -0.1) is 0 Å². The zero-order valence-corrected chi connectivity index (χ0v) is 11.6. The maximum Gasteiger partial charge on any atom is 0.317 e. The SMILES string of the molecule is CCN(CC(=O)O)C1CC(NC(=O)c2cc(C)no2)C1. The molecule has 1 saturated carbocycles. The van der Waals surface area contributed by atoms with E-state index in [1.54, 1.807) is 13.0 Å². The first-order valence-electron chi connectivity index (χ1n) is 6.69. The van der Waals surface area contributed by atoms with Gasteiger partial charge in [-0.3, -0.25) is 14.5 Å². The van der Waals surface area contributed by atoms with Gasteiger partial charge in [-0.2, -0.15) is 0 Å². The fraction of sp³-hybridized carbons (Fsp3) is 0.615. The Morgan fingerprint density at radius 1 is 1.55 bits per heavy atom. The number of hydrogen-bond acceptors (Lipinski definition) is 5.